The predicted molar refractivity (Wildman–Crippen MR) is 108 cm³/mol. The van der Waals surface area contributed by atoms with Crippen molar-refractivity contribution in [2.24, 2.45) is 0 Å². The number of hydrogen-bond donors (Lipinski definition) is 3. The Morgan fingerprint density at radius 3 is 2.61 bits per heavy atom. The van der Waals surface area contributed by atoms with Crippen molar-refractivity contribution in [2.45, 2.75) is 31.3 Å². The van der Waals surface area contributed by atoms with Crippen LogP contribution in [0.3, 0.4) is 0 Å². The lowest BCUT2D eigenvalue weighted by Crippen LogP contribution is -2.52. The number of hydrogen-bond acceptors (Lipinski definition) is 4. The van der Waals surface area contributed by atoms with Crippen LogP contribution in [0.1, 0.15) is 24.0 Å². The maximum atomic E-state index is 13.3. The molecule has 1 fully saturated rings. The molecule has 0 aliphatic carbocycles. The van der Waals surface area contributed by atoms with E-state index in [1.54, 1.807) is 18.2 Å². The van der Waals surface area contributed by atoms with Gasteiger partial charge in [-0.25, -0.2) is 8.78 Å². The van der Waals surface area contributed by atoms with Crippen LogP contribution in [0.25, 0.3) is 0 Å². The summed E-state index contributed by atoms with van der Waals surface area (Å²) in [7, 11) is 0. The summed E-state index contributed by atoms with van der Waals surface area (Å²) in [5, 5.41) is 16.0. The Morgan fingerprint density at radius 1 is 1.13 bits per heavy atom. The van der Waals surface area contributed by atoms with E-state index in [4.69, 9.17) is 0 Å². The molecule has 2 aliphatic rings. The van der Waals surface area contributed by atoms with E-state index >= 15 is 0 Å². The van der Waals surface area contributed by atoms with Crippen molar-refractivity contribution < 1.29 is 28.3 Å². The van der Waals surface area contributed by atoms with Gasteiger partial charge in [0.2, 0.25) is 11.5 Å². The fourth-order valence-electron chi connectivity index (χ4n) is 3.92. The Morgan fingerprint density at radius 2 is 1.87 bits per heavy atom. The number of carbonyl (C=O) groups is 3. The summed E-state index contributed by atoms with van der Waals surface area (Å²) >= 11 is 0. The van der Waals surface area contributed by atoms with Gasteiger partial charge in [0.05, 0.1) is 0 Å². The van der Waals surface area contributed by atoms with E-state index in [1.165, 1.54) is 4.90 Å². The summed E-state index contributed by atoms with van der Waals surface area (Å²) in [4.78, 5) is 38.2. The molecule has 2 aromatic rings. The quantitative estimate of drug-likeness (QED) is 0.630. The minimum absolute atomic E-state index is 0.00978. The first-order chi connectivity index (χ1) is 14.8. The van der Waals surface area contributed by atoms with Crippen LogP contribution >= 0.6 is 0 Å². The Bertz CT molecular complexity index is 1050. The molecule has 0 bridgehead atoms. The molecule has 1 saturated heterocycles. The molecule has 0 aromatic heterocycles. The van der Waals surface area contributed by atoms with Gasteiger partial charge in [-0.15, -0.1) is 0 Å². The maximum Gasteiger partial charge on any atom is 0.268 e. The first-order valence-corrected chi connectivity index (χ1v) is 9.97. The first-order valence-electron chi connectivity index (χ1n) is 9.97. The zero-order chi connectivity index (χ0) is 22.2. The SMILES string of the molecule is O=C1CCc2cc(N3CC[C@](O)(C(=O)NCCc4cc(F)cc(F)c4)C3=O)ccc2N1. The molecular weight excluding hydrogens is 408 g/mol. The summed E-state index contributed by atoms with van der Waals surface area (Å²) in [5.74, 6) is -3.08. The minimum atomic E-state index is -2.21. The third-order valence-electron chi connectivity index (χ3n) is 5.59. The van der Waals surface area contributed by atoms with Crippen LogP contribution in [-0.4, -0.2) is 41.5 Å². The number of anilines is 2. The average Bonchev–Trinajstić information content (AvgIpc) is 3.03. The Labute approximate surface area is 177 Å². The fourth-order valence-corrected chi connectivity index (χ4v) is 3.92. The number of rotatable bonds is 5. The second kappa shape index (κ2) is 8.07. The van der Waals surface area contributed by atoms with Gasteiger partial charge < -0.3 is 20.6 Å². The normalized spacial score (nSPS) is 20.4. The van der Waals surface area contributed by atoms with Gasteiger partial charge in [-0.1, -0.05) is 0 Å². The van der Waals surface area contributed by atoms with Gasteiger partial charge in [0, 0.05) is 43.4 Å². The highest BCUT2D eigenvalue weighted by atomic mass is 19.1. The number of nitrogens with zero attached hydrogens (tertiary/aromatic N) is 1. The van der Waals surface area contributed by atoms with Gasteiger partial charge in [0.1, 0.15) is 11.6 Å². The van der Waals surface area contributed by atoms with Crippen LogP contribution in [0.5, 0.6) is 0 Å². The molecule has 31 heavy (non-hydrogen) atoms. The largest absolute Gasteiger partial charge is 0.372 e. The monoisotopic (exact) mass is 429 g/mol. The number of nitrogens with one attached hydrogen (secondary N) is 2. The second-order valence-corrected chi connectivity index (χ2v) is 7.74. The minimum Gasteiger partial charge on any atom is -0.372 e. The van der Waals surface area contributed by atoms with Crippen LogP contribution < -0.4 is 15.5 Å². The summed E-state index contributed by atoms with van der Waals surface area (Å²) in [6.45, 7) is 0.166. The fraction of sp³-hybridized carbons (Fsp3) is 0.318. The van der Waals surface area contributed by atoms with Crippen LogP contribution in [-0.2, 0) is 27.2 Å². The lowest BCUT2D eigenvalue weighted by molar-refractivity contribution is -0.149. The highest BCUT2D eigenvalue weighted by Gasteiger charge is 2.51. The van der Waals surface area contributed by atoms with Crippen LogP contribution in [0.4, 0.5) is 20.2 Å². The topological polar surface area (TPSA) is 98.7 Å². The van der Waals surface area contributed by atoms with Gasteiger partial charge in [-0.05, 0) is 54.3 Å². The standard InChI is InChI=1S/C22H21F2N3O4/c23-15-9-13(10-16(24)12-15)5-7-25-20(29)22(31)6-8-27(21(22)30)17-2-3-18-14(11-17)1-4-19(28)26-18/h2-3,9-12,31H,1,4-8H2,(H,25,29)(H,26,28)/t22-/m0/s1. The van der Waals surface area contributed by atoms with Crippen molar-refractivity contribution in [2.75, 3.05) is 23.3 Å². The van der Waals surface area contributed by atoms with Crippen molar-refractivity contribution in [3.05, 3.63) is 59.2 Å². The van der Waals surface area contributed by atoms with Gasteiger partial charge in [0.25, 0.3) is 11.8 Å². The third kappa shape index (κ3) is 4.13. The van der Waals surface area contributed by atoms with E-state index < -0.39 is 29.0 Å². The molecule has 7 nitrogen and oxygen atoms in total. The van der Waals surface area contributed by atoms with Gasteiger partial charge in [-0.3, -0.25) is 14.4 Å². The smallest absolute Gasteiger partial charge is 0.268 e. The molecule has 3 amide bonds. The summed E-state index contributed by atoms with van der Waals surface area (Å²) in [6.07, 6.45) is 0.958. The predicted octanol–water partition coefficient (Wildman–Crippen LogP) is 1.68. The molecule has 0 saturated carbocycles. The second-order valence-electron chi connectivity index (χ2n) is 7.74. The number of aryl methyl sites for hydroxylation is 1. The van der Waals surface area contributed by atoms with Crippen molar-refractivity contribution in [3.8, 4) is 0 Å². The molecule has 3 N–H and O–H groups in total. The number of aliphatic hydroxyl groups is 1. The molecule has 2 aromatic carbocycles. The Kier molecular flexibility index (Phi) is 5.45. The van der Waals surface area contributed by atoms with Gasteiger partial charge in [-0.2, -0.15) is 0 Å². The number of halogens is 2. The van der Waals surface area contributed by atoms with E-state index in [0.29, 0.717) is 29.8 Å². The van der Waals surface area contributed by atoms with E-state index in [0.717, 1.165) is 23.8 Å². The molecule has 2 aliphatic heterocycles. The van der Waals surface area contributed by atoms with Crippen LogP contribution in [0.2, 0.25) is 0 Å². The van der Waals surface area contributed by atoms with Crippen molar-refractivity contribution in [1.82, 2.24) is 5.32 Å². The summed E-state index contributed by atoms with van der Waals surface area (Å²) in [6, 6.07) is 8.20. The van der Waals surface area contributed by atoms with Crippen LogP contribution in [0, 0.1) is 11.6 Å². The first kappa shape index (κ1) is 20.9. The van der Waals surface area contributed by atoms with E-state index in [1.807, 2.05) is 0 Å². The molecule has 0 radical (unpaired) electrons. The van der Waals surface area contributed by atoms with Crippen LogP contribution in [0.15, 0.2) is 36.4 Å². The third-order valence-corrected chi connectivity index (χ3v) is 5.59. The van der Waals surface area contributed by atoms with Crippen molar-refractivity contribution >= 4 is 29.1 Å². The summed E-state index contributed by atoms with van der Waals surface area (Å²) < 4.78 is 26.5. The number of carbonyl (C=O) groups excluding carboxylic acids is 3. The van der Waals surface area contributed by atoms with E-state index in [-0.39, 0.29) is 31.8 Å². The number of amides is 3. The zero-order valence-electron chi connectivity index (χ0n) is 16.6. The van der Waals surface area contributed by atoms with E-state index in [2.05, 4.69) is 10.6 Å². The Balaban J connectivity index is 1.41. The number of benzene rings is 2. The lowest BCUT2D eigenvalue weighted by Gasteiger charge is -2.23. The summed E-state index contributed by atoms with van der Waals surface area (Å²) in [5.41, 5.74) is 0.252. The maximum absolute atomic E-state index is 13.3. The molecule has 9 heteroatoms. The number of fused-ring (bicyclic) bond motifs is 1. The lowest BCUT2D eigenvalue weighted by atomic mass is 10.0. The van der Waals surface area contributed by atoms with Crippen molar-refractivity contribution in [3.63, 3.8) is 0 Å². The Hall–Kier alpha value is -3.33. The highest BCUT2D eigenvalue weighted by molar-refractivity contribution is 6.16. The molecular formula is C22H21F2N3O4. The molecule has 4 rings (SSSR count). The van der Waals surface area contributed by atoms with Gasteiger partial charge in [0.15, 0.2) is 0 Å². The molecule has 1 atom stereocenters. The van der Waals surface area contributed by atoms with Crippen molar-refractivity contribution in [1.29, 1.82) is 0 Å². The average molecular weight is 429 g/mol. The molecule has 0 unspecified atom stereocenters. The molecule has 0 spiro atoms. The van der Waals surface area contributed by atoms with E-state index in [9.17, 15) is 28.3 Å². The van der Waals surface area contributed by atoms with Gasteiger partial charge >= 0.3 is 0 Å². The zero-order valence-corrected chi connectivity index (χ0v) is 16.6. The highest BCUT2D eigenvalue weighted by Crippen LogP contribution is 2.32. The molecule has 162 valence electrons. The molecule has 2 heterocycles.